The van der Waals surface area contributed by atoms with Gasteiger partial charge >= 0.3 is 0 Å². The molecule has 148 valence electrons. The first-order valence-corrected chi connectivity index (χ1v) is 10.1. The van der Waals surface area contributed by atoms with Crippen molar-refractivity contribution in [2.45, 2.75) is 38.8 Å². The van der Waals surface area contributed by atoms with Gasteiger partial charge in [0, 0.05) is 26.2 Å². The van der Waals surface area contributed by atoms with E-state index in [9.17, 15) is 9.59 Å². The summed E-state index contributed by atoms with van der Waals surface area (Å²) >= 11 is 0. The Labute approximate surface area is 167 Å². The van der Waals surface area contributed by atoms with Gasteiger partial charge in [-0.2, -0.15) is 0 Å². The lowest BCUT2D eigenvalue weighted by Crippen LogP contribution is -2.56. The largest absolute Gasteiger partial charge is 0.356 e. The van der Waals surface area contributed by atoms with Gasteiger partial charge in [0.05, 0.1) is 12.5 Å². The fourth-order valence-corrected chi connectivity index (χ4v) is 3.49. The molecule has 0 radical (unpaired) electrons. The van der Waals surface area contributed by atoms with Crippen LogP contribution in [0, 0.1) is 0 Å². The molecule has 0 bridgehead atoms. The van der Waals surface area contributed by atoms with Gasteiger partial charge in [-0.1, -0.05) is 67.9 Å². The molecule has 2 aromatic carbocycles. The zero-order valence-corrected chi connectivity index (χ0v) is 16.5. The maximum absolute atomic E-state index is 12.4. The van der Waals surface area contributed by atoms with Crippen LogP contribution in [-0.2, 0) is 16.1 Å². The number of piperazine rings is 1. The zero-order valence-electron chi connectivity index (χ0n) is 16.5. The topological polar surface area (TPSA) is 61.4 Å². The molecule has 1 heterocycles. The van der Waals surface area contributed by atoms with Crippen LogP contribution in [0.3, 0.4) is 0 Å². The first-order chi connectivity index (χ1) is 13.7. The molecule has 1 aliphatic rings. The van der Waals surface area contributed by atoms with Crippen LogP contribution < -0.4 is 10.6 Å². The van der Waals surface area contributed by atoms with E-state index in [1.807, 2.05) is 18.2 Å². The molecule has 0 aliphatic carbocycles. The van der Waals surface area contributed by atoms with E-state index >= 15 is 0 Å². The molecule has 3 rings (SSSR count). The summed E-state index contributed by atoms with van der Waals surface area (Å²) < 4.78 is 0. The summed E-state index contributed by atoms with van der Waals surface area (Å²) in [5, 5.41) is 5.81. The van der Waals surface area contributed by atoms with Crippen molar-refractivity contribution in [3.8, 4) is 11.1 Å². The summed E-state index contributed by atoms with van der Waals surface area (Å²) in [6.45, 7) is 4.79. The standard InChI is InChI=1S/C23H29N3O2/c1-2-3-13-24-22(27)16-21-23(28)25-14-15-26(21)17-18-9-11-20(12-10-18)19-7-5-4-6-8-19/h4-12,21H,2-3,13-17H2,1H3,(H,24,27)(H,25,28). The van der Waals surface area contributed by atoms with E-state index in [0.717, 1.165) is 24.9 Å². The predicted octanol–water partition coefficient (Wildman–Crippen LogP) is 2.96. The highest BCUT2D eigenvalue weighted by Crippen LogP contribution is 2.21. The maximum Gasteiger partial charge on any atom is 0.237 e. The van der Waals surface area contributed by atoms with Gasteiger partial charge in [0.1, 0.15) is 0 Å². The Morgan fingerprint density at radius 1 is 1.11 bits per heavy atom. The summed E-state index contributed by atoms with van der Waals surface area (Å²) in [5.41, 5.74) is 3.51. The molecule has 1 atom stereocenters. The van der Waals surface area contributed by atoms with Crippen LogP contribution >= 0.6 is 0 Å². The third-order valence-electron chi connectivity index (χ3n) is 5.12. The van der Waals surface area contributed by atoms with E-state index in [1.165, 1.54) is 11.1 Å². The van der Waals surface area contributed by atoms with Crippen LogP contribution in [0.25, 0.3) is 11.1 Å². The average Bonchev–Trinajstić information content (AvgIpc) is 2.72. The monoisotopic (exact) mass is 379 g/mol. The molecule has 0 spiro atoms. The Bertz CT molecular complexity index is 774. The SMILES string of the molecule is CCCCNC(=O)CC1C(=O)NCCN1Cc1ccc(-c2ccccc2)cc1. The number of rotatable bonds is 8. The van der Waals surface area contributed by atoms with Crippen molar-refractivity contribution in [1.29, 1.82) is 0 Å². The molecule has 0 saturated carbocycles. The molecule has 1 unspecified atom stereocenters. The predicted molar refractivity (Wildman–Crippen MR) is 112 cm³/mol. The number of hydrogen-bond acceptors (Lipinski definition) is 3. The lowest BCUT2D eigenvalue weighted by atomic mass is 10.0. The highest BCUT2D eigenvalue weighted by molar-refractivity contribution is 5.88. The average molecular weight is 380 g/mol. The van der Waals surface area contributed by atoms with Crippen LogP contribution in [-0.4, -0.2) is 42.4 Å². The zero-order chi connectivity index (χ0) is 19.8. The van der Waals surface area contributed by atoms with Crippen LogP contribution in [0.15, 0.2) is 54.6 Å². The molecule has 1 aliphatic heterocycles. The van der Waals surface area contributed by atoms with Gasteiger partial charge in [-0.15, -0.1) is 0 Å². The summed E-state index contributed by atoms with van der Waals surface area (Å²) in [5.74, 6) is -0.113. The van der Waals surface area contributed by atoms with E-state index in [0.29, 0.717) is 19.6 Å². The Balaban J connectivity index is 1.63. The third kappa shape index (κ3) is 5.42. The molecule has 5 heteroatoms. The van der Waals surface area contributed by atoms with Crippen molar-refractivity contribution in [2.75, 3.05) is 19.6 Å². The number of nitrogens with one attached hydrogen (secondary N) is 2. The molecule has 0 aromatic heterocycles. The van der Waals surface area contributed by atoms with E-state index < -0.39 is 6.04 Å². The smallest absolute Gasteiger partial charge is 0.237 e. The lowest BCUT2D eigenvalue weighted by Gasteiger charge is -2.34. The minimum absolute atomic E-state index is 0.0556. The van der Waals surface area contributed by atoms with Crippen LogP contribution in [0.5, 0.6) is 0 Å². The summed E-state index contributed by atoms with van der Waals surface area (Å²) in [6.07, 6.45) is 2.20. The normalized spacial score (nSPS) is 17.2. The van der Waals surface area contributed by atoms with Gasteiger partial charge in [0.2, 0.25) is 11.8 Å². The quantitative estimate of drug-likeness (QED) is 0.693. The number of hydrogen-bond donors (Lipinski definition) is 2. The van der Waals surface area contributed by atoms with Crippen LogP contribution in [0.4, 0.5) is 0 Å². The Hall–Kier alpha value is -2.66. The Morgan fingerprint density at radius 2 is 1.82 bits per heavy atom. The molecule has 1 fully saturated rings. The van der Waals surface area contributed by atoms with Gasteiger partial charge in [0.15, 0.2) is 0 Å². The highest BCUT2D eigenvalue weighted by atomic mass is 16.2. The summed E-state index contributed by atoms with van der Waals surface area (Å²) in [6, 6.07) is 18.3. The van der Waals surface area contributed by atoms with Crippen molar-refractivity contribution in [1.82, 2.24) is 15.5 Å². The van der Waals surface area contributed by atoms with Gasteiger partial charge in [-0.25, -0.2) is 0 Å². The van der Waals surface area contributed by atoms with E-state index in [1.54, 1.807) is 0 Å². The van der Waals surface area contributed by atoms with Gasteiger partial charge in [-0.05, 0) is 23.1 Å². The first kappa shape index (κ1) is 20.1. The second-order valence-electron chi connectivity index (χ2n) is 7.25. The van der Waals surface area contributed by atoms with Crippen molar-refractivity contribution in [2.24, 2.45) is 0 Å². The summed E-state index contributed by atoms with van der Waals surface area (Å²) in [4.78, 5) is 26.7. The molecular formula is C23H29N3O2. The molecule has 1 saturated heterocycles. The van der Waals surface area contributed by atoms with E-state index in [-0.39, 0.29) is 18.2 Å². The van der Waals surface area contributed by atoms with Crippen molar-refractivity contribution in [3.63, 3.8) is 0 Å². The summed E-state index contributed by atoms with van der Waals surface area (Å²) in [7, 11) is 0. The number of nitrogens with zero attached hydrogens (tertiary/aromatic N) is 1. The van der Waals surface area contributed by atoms with Crippen molar-refractivity contribution >= 4 is 11.8 Å². The molecule has 2 N–H and O–H groups in total. The van der Waals surface area contributed by atoms with Crippen LogP contribution in [0.1, 0.15) is 31.7 Å². The fourth-order valence-electron chi connectivity index (χ4n) is 3.49. The Kier molecular flexibility index (Phi) is 7.20. The molecular weight excluding hydrogens is 350 g/mol. The fraction of sp³-hybridized carbons (Fsp3) is 0.391. The van der Waals surface area contributed by atoms with Gasteiger partial charge in [0.25, 0.3) is 0 Å². The minimum atomic E-state index is -0.413. The third-order valence-corrected chi connectivity index (χ3v) is 5.12. The van der Waals surface area contributed by atoms with E-state index in [2.05, 4.69) is 58.9 Å². The molecule has 5 nitrogen and oxygen atoms in total. The number of unbranched alkanes of at least 4 members (excludes halogenated alkanes) is 1. The number of carbonyl (C=O) groups is 2. The van der Waals surface area contributed by atoms with Crippen molar-refractivity contribution < 1.29 is 9.59 Å². The van der Waals surface area contributed by atoms with Gasteiger partial charge < -0.3 is 10.6 Å². The first-order valence-electron chi connectivity index (χ1n) is 10.1. The second-order valence-corrected chi connectivity index (χ2v) is 7.25. The second kappa shape index (κ2) is 10.0. The minimum Gasteiger partial charge on any atom is -0.356 e. The van der Waals surface area contributed by atoms with Crippen molar-refractivity contribution in [3.05, 3.63) is 60.2 Å². The highest BCUT2D eigenvalue weighted by Gasteiger charge is 2.31. The van der Waals surface area contributed by atoms with Gasteiger partial charge in [-0.3, -0.25) is 14.5 Å². The van der Waals surface area contributed by atoms with E-state index in [4.69, 9.17) is 0 Å². The van der Waals surface area contributed by atoms with Crippen LogP contribution in [0.2, 0.25) is 0 Å². The Morgan fingerprint density at radius 3 is 2.54 bits per heavy atom. The number of carbonyl (C=O) groups excluding carboxylic acids is 2. The molecule has 2 aromatic rings. The lowest BCUT2D eigenvalue weighted by molar-refractivity contribution is -0.134. The molecule has 28 heavy (non-hydrogen) atoms. The number of benzene rings is 2. The molecule has 2 amide bonds. The number of amides is 2. The maximum atomic E-state index is 12.4.